The first-order valence-corrected chi connectivity index (χ1v) is 8.34. The number of hydrogen-bond acceptors (Lipinski definition) is 5. The molecule has 0 unspecified atom stereocenters. The Balaban J connectivity index is 2.17. The van der Waals surface area contributed by atoms with Gasteiger partial charge in [0.2, 0.25) is 16.0 Å². The second-order valence-electron chi connectivity index (χ2n) is 5.33. The van der Waals surface area contributed by atoms with E-state index in [1.54, 1.807) is 35.2 Å². The van der Waals surface area contributed by atoms with Crippen molar-refractivity contribution in [3.05, 3.63) is 47.3 Å². The summed E-state index contributed by atoms with van der Waals surface area (Å²) in [5.74, 6) is 0.560. The molecule has 0 radical (unpaired) electrons. The zero-order chi connectivity index (χ0) is 16.3. The van der Waals surface area contributed by atoms with Crippen LogP contribution in [-0.2, 0) is 16.6 Å². The maximum atomic E-state index is 12.3. The van der Waals surface area contributed by atoms with Crippen molar-refractivity contribution in [3.8, 4) is 0 Å². The van der Waals surface area contributed by atoms with Gasteiger partial charge in [-0.2, -0.15) is 0 Å². The van der Waals surface area contributed by atoms with E-state index in [9.17, 15) is 8.42 Å². The Morgan fingerprint density at radius 2 is 1.73 bits per heavy atom. The lowest BCUT2D eigenvalue weighted by atomic mass is 10.2. The molecule has 1 heterocycles. The van der Waals surface area contributed by atoms with Crippen molar-refractivity contribution in [3.63, 3.8) is 0 Å². The maximum Gasteiger partial charge on any atom is 0.240 e. The van der Waals surface area contributed by atoms with Gasteiger partial charge in [0.1, 0.15) is 0 Å². The van der Waals surface area contributed by atoms with E-state index in [4.69, 9.17) is 0 Å². The number of anilines is 1. The lowest BCUT2D eigenvalue weighted by Crippen LogP contribution is -2.24. The number of benzene rings is 1. The maximum absolute atomic E-state index is 12.3. The highest BCUT2D eigenvalue weighted by Gasteiger charge is 2.14. The molecular weight excluding hydrogens is 300 g/mol. The lowest BCUT2D eigenvalue weighted by Gasteiger charge is -2.13. The van der Waals surface area contributed by atoms with E-state index in [0.29, 0.717) is 11.6 Å². The molecule has 22 heavy (non-hydrogen) atoms. The van der Waals surface area contributed by atoms with Crippen molar-refractivity contribution in [2.45, 2.75) is 25.3 Å². The highest BCUT2D eigenvalue weighted by Crippen LogP contribution is 2.12. The Hall–Kier alpha value is -1.99. The molecular formula is C15H20N4O2S. The van der Waals surface area contributed by atoms with Gasteiger partial charge in [0.25, 0.3) is 0 Å². The standard InChI is InChI=1S/C15H20N4O2S/c1-11-5-7-14(8-6-11)22(20,21)16-10-13-9-12(2)17-15(18-13)19(3)4/h5-9,16H,10H2,1-4H3. The summed E-state index contributed by atoms with van der Waals surface area (Å²) in [5.41, 5.74) is 2.44. The van der Waals surface area contributed by atoms with Crippen LogP contribution in [0.5, 0.6) is 0 Å². The molecule has 118 valence electrons. The fourth-order valence-corrected chi connectivity index (χ4v) is 2.88. The van der Waals surface area contributed by atoms with Gasteiger partial charge in [-0.05, 0) is 32.0 Å². The number of aromatic nitrogens is 2. The van der Waals surface area contributed by atoms with E-state index in [1.165, 1.54) is 0 Å². The quantitative estimate of drug-likeness (QED) is 0.906. The number of nitrogens with one attached hydrogen (secondary N) is 1. The van der Waals surface area contributed by atoms with Gasteiger partial charge in [0, 0.05) is 19.8 Å². The number of sulfonamides is 1. The van der Waals surface area contributed by atoms with Gasteiger partial charge in [0.05, 0.1) is 17.1 Å². The number of nitrogens with zero attached hydrogens (tertiary/aromatic N) is 3. The van der Waals surface area contributed by atoms with E-state index < -0.39 is 10.0 Å². The van der Waals surface area contributed by atoms with Crippen LogP contribution in [0.4, 0.5) is 5.95 Å². The van der Waals surface area contributed by atoms with Crippen molar-refractivity contribution >= 4 is 16.0 Å². The minimum absolute atomic E-state index is 0.125. The topological polar surface area (TPSA) is 75.2 Å². The molecule has 0 bridgehead atoms. The molecule has 2 aromatic rings. The van der Waals surface area contributed by atoms with Crippen LogP contribution in [0.3, 0.4) is 0 Å². The monoisotopic (exact) mass is 320 g/mol. The first-order chi connectivity index (χ1) is 10.3. The van der Waals surface area contributed by atoms with E-state index in [-0.39, 0.29) is 11.4 Å². The van der Waals surface area contributed by atoms with Crippen LogP contribution in [0.25, 0.3) is 0 Å². The predicted molar refractivity (Wildman–Crippen MR) is 86.3 cm³/mol. The Morgan fingerprint density at radius 1 is 1.09 bits per heavy atom. The third-order valence-electron chi connectivity index (χ3n) is 3.07. The molecule has 2 rings (SSSR count). The summed E-state index contributed by atoms with van der Waals surface area (Å²) in [6.07, 6.45) is 0. The lowest BCUT2D eigenvalue weighted by molar-refractivity contribution is 0.580. The largest absolute Gasteiger partial charge is 0.347 e. The second-order valence-corrected chi connectivity index (χ2v) is 7.10. The van der Waals surface area contributed by atoms with Gasteiger partial charge in [-0.3, -0.25) is 0 Å². The Bertz CT molecular complexity index is 756. The van der Waals surface area contributed by atoms with Crippen molar-refractivity contribution in [2.24, 2.45) is 0 Å². The molecule has 0 fully saturated rings. The summed E-state index contributed by atoms with van der Waals surface area (Å²) in [4.78, 5) is 10.6. The van der Waals surface area contributed by atoms with Crippen molar-refractivity contribution in [1.82, 2.24) is 14.7 Å². The smallest absolute Gasteiger partial charge is 0.240 e. The second kappa shape index (κ2) is 6.41. The van der Waals surface area contributed by atoms with E-state index >= 15 is 0 Å². The van der Waals surface area contributed by atoms with Crippen molar-refractivity contribution in [2.75, 3.05) is 19.0 Å². The van der Waals surface area contributed by atoms with E-state index in [1.807, 2.05) is 27.9 Å². The summed E-state index contributed by atoms with van der Waals surface area (Å²) in [7, 11) is 0.139. The minimum atomic E-state index is -3.55. The fraction of sp³-hybridized carbons (Fsp3) is 0.333. The molecule has 0 saturated carbocycles. The van der Waals surface area contributed by atoms with Gasteiger partial charge < -0.3 is 4.90 Å². The molecule has 0 saturated heterocycles. The summed E-state index contributed by atoms with van der Waals surface area (Å²) in [5, 5.41) is 0. The molecule has 1 N–H and O–H groups in total. The highest BCUT2D eigenvalue weighted by atomic mass is 32.2. The van der Waals surface area contributed by atoms with Crippen LogP contribution in [0, 0.1) is 13.8 Å². The third kappa shape index (κ3) is 4.02. The minimum Gasteiger partial charge on any atom is -0.347 e. The third-order valence-corrected chi connectivity index (χ3v) is 4.49. The molecule has 0 atom stereocenters. The molecule has 0 spiro atoms. The molecule has 0 aliphatic carbocycles. The Labute approximate surface area is 131 Å². The number of hydrogen-bond donors (Lipinski definition) is 1. The predicted octanol–water partition coefficient (Wildman–Crippen LogP) is 1.64. The van der Waals surface area contributed by atoms with Crippen LogP contribution in [0.1, 0.15) is 17.0 Å². The summed E-state index contributed by atoms with van der Waals surface area (Å²) < 4.78 is 27.1. The average molecular weight is 320 g/mol. The zero-order valence-corrected chi connectivity index (χ0v) is 14.0. The summed E-state index contributed by atoms with van der Waals surface area (Å²) in [6, 6.07) is 8.49. The molecule has 0 aliphatic heterocycles. The first-order valence-electron chi connectivity index (χ1n) is 6.86. The molecule has 0 aliphatic rings. The zero-order valence-electron chi connectivity index (χ0n) is 13.2. The number of rotatable bonds is 5. The SMILES string of the molecule is Cc1ccc(S(=O)(=O)NCc2cc(C)nc(N(C)C)n2)cc1. The van der Waals surface area contributed by atoms with Gasteiger partial charge in [-0.15, -0.1) is 0 Å². The van der Waals surface area contributed by atoms with Crippen molar-refractivity contribution < 1.29 is 8.42 Å². The normalized spacial score (nSPS) is 11.5. The first kappa shape index (κ1) is 16.4. The van der Waals surface area contributed by atoms with Crippen LogP contribution < -0.4 is 9.62 Å². The summed E-state index contributed by atoms with van der Waals surface area (Å²) >= 11 is 0. The van der Waals surface area contributed by atoms with Crippen LogP contribution in [0.15, 0.2) is 35.2 Å². The average Bonchev–Trinajstić information content (AvgIpc) is 2.45. The molecule has 1 aromatic carbocycles. The van der Waals surface area contributed by atoms with Gasteiger partial charge in [-0.1, -0.05) is 17.7 Å². The van der Waals surface area contributed by atoms with Crippen LogP contribution >= 0.6 is 0 Å². The van der Waals surface area contributed by atoms with Crippen LogP contribution in [0.2, 0.25) is 0 Å². The van der Waals surface area contributed by atoms with Crippen molar-refractivity contribution in [1.29, 1.82) is 0 Å². The van der Waals surface area contributed by atoms with Crippen LogP contribution in [-0.4, -0.2) is 32.5 Å². The number of aryl methyl sites for hydroxylation is 2. The van der Waals surface area contributed by atoms with E-state index in [2.05, 4.69) is 14.7 Å². The fourth-order valence-electron chi connectivity index (χ4n) is 1.88. The molecule has 6 nitrogen and oxygen atoms in total. The van der Waals surface area contributed by atoms with Gasteiger partial charge in [-0.25, -0.2) is 23.1 Å². The summed E-state index contributed by atoms with van der Waals surface area (Å²) in [6.45, 7) is 3.89. The highest BCUT2D eigenvalue weighted by molar-refractivity contribution is 7.89. The van der Waals surface area contributed by atoms with E-state index in [0.717, 1.165) is 11.3 Å². The van der Waals surface area contributed by atoms with Gasteiger partial charge in [0.15, 0.2) is 0 Å². The Kier molecular flexibility index (Phi) is 4.77. The molecule has 1 aromatic heterocycles. The molecule has 0 amide bonds. The van der Waals surface area contributed by atoms with Gasteiger partial charge >= 0.3 is 0 Å². The Morgan fingerprint density at radius 3 is 2.32 bits per heavy atom. The molecule has 7 heteroatoms.